The lowest BCUT2D eigenvalue weighted by molar-refractivity contribution is 0.0156. The molecule has 6 nitrogen and oxygen atoms in total. The molecule has 20 heavy (non-hydrogen) atoms. The molecule has 0 aliphatic carbocycles. The zero-order valence-electron chi connectivity index (χ0n) is 12.9. The lowest BCUT2D eigenvalue weighted by atomic mass is 9.80. The Morgan fingerprint density at radius 3 is 2.40 bits per heavy atom. The number of ether oxygens (including phenoxy) is 1. The molecule has 1 fully saturated rings. The summed E-state index contributed by atoms with van der Waals surface area (Å²) in [5.41, 5.74) is -0.610. The van der Waals surface area contributed by atoms with Gasteiger partial charge in [0.05, 0.1) is 5.41 Å². The molecular weight excluding hydrogens is 258 g/mol. The molecular formula is C14H23N3O3. The molecule has 0 saturated carbocycles. The first-order chi connectivity index (χ1) is 9.20. The summed E-state index contributed by atoms with van der Waals surface area (Å²) in [5.74, 6) is 1.31. The number of hydrogen-bond donors (Lipinski definition) is 0. The van der Waals surface area contributed by atoms with Crippen molar-refractivity contribution >= 4 is 6.09 Å². The number of amides is 1. The number of aromatic nitrogens is 2. The molecule has 0 unspecified atom stereocenters. The fourth-order valence-electron chi connectivity index (χ4n) is 2.27. The van der Waals surface area contributed by atoms with E-state index in [1.165, 1.54) is 0 Å². The molecule has 1 aliphatic rings. The second-order valence-electron chi connectivity index (χ2n) is 6.67. The Kier molecular flexibility index (Phi) is 3.75. The fourth-order valence-corrected chi connectivity index (χ4v) is 2.27. The van der Waals surface area contributed by atoms with Gasteiger partial charge >= 0.3 is 6.09 Å². The van der Waals surface area contributed by atoms with Gasteiger partial charge in [0.25, 0.3) is 0 Å². The number of hydrogen-bond acceptors (Lipinski definition) is 5. The third-order valence-electron chi connectivity index (χ3n) is 3.56. The van der Waals surface area contributed by atoms with Crippen LogP contribution in [0.3, 0.4) is 0 Å². The van der Waals surface area contributed by atoms with E-state index < -0.39 is 5.60 Å². The number of aryl methyl sites for hydroxylation is 1. The highest BCUT2D eigenvalue weighted by atomic mass is 16.6. The Morgan fingerprint density at radius 1 is 1.35 bits per heavy atom. The van der Waals surface area contributed by atoms with Crippen molar-refractivity contribution in [2.45, 2.75) is 58.5 Å². The lowest BCUT2D eigenvalue weighted by Crippen LogP contribution is -2.45. The van der Waals surface area contributed by atoms with E-state index in [4.69, 9.17) is 9.26 Å². The van der Waals surface area contributed by atoms with Gasteiger partial charge < -0.3 is 14.2 Å². The molecule has 1 aliphatic heterocycles. The number of piperidine rings is 1. The van der Waals surface area contributed by atoms with Crippen molar-refractivity contribution in [3.05, 3.63) is 11.7 Å². The Balaban J connectivity index is 1.97. The van der Waals surface area contributed by atoms with Crippen molar-refractivity contribution in [2.75, 3.05) is 13.1 Å². The van der Waals surface area contributed by atoms with Gasteiger partial charge in [-0.2, -0.15) is 4.98 Å². The highest BCUT2D eigenvalue weighted by Crippen LogP contribution is 2.34. The predicted molar refractivity (Wildman–Crippen MR) is 73.4 cm³/mol. The highest BCUT2D eigenvalue weighted by molar-refractivity contribution is 5.68. The molecule has 0 radical (unpaired) electrons. The van der Waals surface area contributed by atoms with Crippen LogP contribution in [0.5, 0.6) is 0 Å². The van der Waals surface area contributed by atoms with Crippen LogP contribution in [0.15, 0.2) is 4.52 Å². The summed E-state index contributed by atoms with van der Waals surface area (Å²) in [6.07, 6.45) is 1.35. The van der Waals surface area contributed by atoms with Gasteiger partial charge in [0.15, 0.2) is 5.82 Å². The summed E-state index contributed by atoms with van der Waals surface area (Å²) in [4.78, 5) is 18.1. The standard InChI is InChI=1S/C14H23N3O3/c1-10-15-11(20-16-10)14(5)6-8-17(9-7-14)12(18)19-13(2,3)4/h6-9H2,1-5H3. The zero-order chi connectivity index (χ0) is 15.0. The highest BCUT2D eigenvalue weighted by Gasteiger charge is 2.38. The van der Waals surface area contributed by atoms with Gasteiger partial charge in [-0.1, -0.05) is 12.1 Å². The van der Waals surface area contributed by atoms with Crippen LogP contribution in [-0.2, 0) is 10.2 Å². The van der Waals surface area contributed by atoms with Crippen molar-refractivity contribution in [3.8, 4) is 0 Å². The number of likely N-dealkylation sites (tertiary alicyclic amines) is 1. The van der Waals surface area contributed by atoms with E-state index in [-0.39, 0.29) is 11.5 Å². The maximum absolute atomic E-state index is 12.0. The van der Waals surface area contributed by atoms with Crippen LogP contribution in [0.4, 0.5) is 4.79 Å². The molecule has 1 aromatic rings. The van der Waals surface area contributed by atoms with Gasteiger partial charge in [0.2, 0.25) is 5.89 Å². The van der Waals surface area contributed by atoms with E-state index in [0.29, 0.717) is 24.8 Å². The van der Waals surface area contributed by atoms with Gasteiger partial charge in [0.1, 0.15) is 5.60 Å². The molecule has 2 rings (SSSR count). The van der Waals surface area contributed by atoms with Crippen LogP contribution in [0.1, 0.15) is 52.3 Å². The van der Waals surface area contributed by atoms with Crippen molar-refractivity contribution in [3.63, 3.8) is 0 Å². The van der Waals surface area contributed by atoms with E-state index in [9.17, 15) is 4.79 Å². The van der Waals surface area contributed by atoms with E-state index in [2.05, 4.69) is 17.1 Å². The van der Waals surface area contributed by atoms with Gasteiger partial charge in [-0.15, -0.1) is 0 Å². The maximum atomic E-state index is 12.0. The molecule has 0 N–H and O–H groups in total. The summed E-state index contributed by atoms with van der Waals surface area (Å²) in [5, 5.41) is 3.85. The van der Waals surface area contributed by atoms with E-state index in [1.54, 1.807) is 4.90 Å². The average Bonchev–Trinajstić information content (AvgIpc) is 2.75. The topological polar surface area (TPSA) is 68.5 Å². The summed E-state index contributed by atoms with van der Waals surface area (Å²) in [7, 11) is 0. The third kappa shape index (κ3) is 3.29. The minimum absolute atomic E-state index is 0.153. The van der Waals surface area contributed by atoms with E-state index in [0.717, 1.165) is 12.8 Å². The predicted octanol–water partition coefficient (Wildman–Crippen LogP) is 2.67. The van der Waals surface area contributed by atoms with Crippen LogP contribution >= 0.6 is 0 Å². The first-order valence-corrected chi connectivity index (χ1v) is 6.98. The molecule has 1 aromatic heterocycles. The Morgan fingerprint density at radius 2 is 1.95 bits per heavy atom. The molecule has 0 aromatic carbocycles. The number of carbonyl (C=O) groups is 1. The van der Waals surface area contributed by atoms with E-state index >= 15 is 0 Å². The smallest absolute Gasteiger partial charge is 0.410 e. The quantitative estimate of drug-likeness (QED) is 0.791. The van der Waals surface area contributed by atoms with Crippen LogP contribution in [0.25, 0.3) is 0 Å². The maximum Gasteiger partial charge on any atom is 0.410 e. The lowest BCUT2D eigenvalue weighted by Gasteiger charge is -2.37. The monoisotopic (exact) mass is 281 g/mol. The Hall–Kier alpha value is -1.59. The van der Waals surface area contributed by atoms with Gasteiger partial charge in [-0.3, -0.25) is 0 Å². The average molecular weight is 281 g/mol. The van der Waals surface area contributed by atoms with Gasteiger partial charge in [-0.05, 0) is 40.5 Å². The molecule has 1 saturated heterocycles. The molecule has 0 bridgehead atoms. The number of rotatable bonds is 1. The minimum Gasteiger partial charge on any atom is -0.444 e. The molecule has 1 amide bonds. The normalized spacial score (nSPS) is 18.9. The van der Waals surface area contributed by atoms with Crippen molar-refractivity contribution < 1.29 is 14.1 Å². The second kappa shape index (κ2) is 5.07. The van der Waals surface area contributed by atoms with Crippen LogP contribution < -0.4 is 0 Å². The largest absolute Gasteiger partial charge is 0.444 e. The van der Waals surface area contributed by atoms with Crippen LogP contribution in [0.2, 0.25) is 0 Å². The van der Waals surface area contributed by atoms with Crippen molar-refractivity contribution in [1.82, 2.24) is 15.0 Å². The summed E-state index contributed by atoms with van der Waals surface area (Å²) < 4.78 is 10.7. The molecule has 2 heterocycles. The summed E-state index contributed by atoms with van der Waals surface area (Å²) >= 11 is 0. The third-order valence-corrected chi connectivity index (χ3v) is 3.56. The number of nitrogens with zero attached hydrogens (tertiary/aromatic N) is 3. The van der Waals surface area contributed by atoms with Crippen LogP contribution in [0, 0.1) is 6.92 Å². The minimum atomic E-state index is -0.457. The van der Waals surface area contributed by atoms with Gasteiger partial charge in [-0.25, -0.2) is 4.79 Å². The Bertz CT molecular complexity index is 482. The summed E-state index contributed by atoms with van der Waals surface area (Å²) in [6.45, 7) is 10.8. The number of carbonyl (C=O) groups excluding carboxylic acids is 1. The SMILES string of the molecule is Cc1noc(C2(C)CCN(C(=O)OC(C)(C)C)CC2)n1. The van der Waals surface area contributed by atoms with Crippen LogP contribution in [-0.4, -0.2) is 39.8 Å². The summed E-state index contributed by atoms with van der Waals surface area (Å²) in [6, 6.07) is 0. The zero-order valence-corrected chi connectivity index (χ0v) is 12.9. The Labute approximate surface area is 119 Å². The van der Waals surface area contributed by atoms with E-state index in [1.807, 2.05) is 27.7 Å². The molecule has 6 heteroatoms. The van der Waals surface area contributed by atoms with Crippen molar-refractivity contribution in [2.24, 2.45) is 0 Å². The van der Waals surface area contributed by atoms with Gasteiger partial charge in [0, 0.05) is 13.1 Å². The first kappa shape index (κ1) is 14.8. The van der Waals surface area contributed by atoms with Crippen molar-refractivity contribution in [1.29, 1.82) is 0 Å². The molecule has 0 atom stereocenters. The molecule has 0 spiro atoms. The molecule has 112 valence electrons. The fraction of sp³-hybridized carbons (Fsp3) is 0.786. The second-order valence-corrected chi connectivity index (χ2v) is 6.67. The first-order valence-electron chi connectivity index (χ1n) is 6.98.